The van der Waals surface area contributed by atoms with Crippen molar-refractivity contribution in [3.63, 3.8) is 0 Å². The predicted octanol–water partition coefficient (Wildman–Crippen LogP) is 2.10. The van der Waals surface area contributed by atoms with E-state index in [1.165, 1.54) is 13.1 Å². The number of hydrogen-bond donors (Lipinski definition) is 1. The molecule has 0 unspecified atom stereocenters. The molecule has 2 aromatic rings. The summed E-state index contributed by atoms with van der Waals surface area (Å²) in [5.74, 6) is 0.545. The molecule has 1 atom stereocenters. The number of amides is 1. The van der Waals surface area contributed by atoms with Gasteiger partial charge >= 0.3 is 0 Å². The minimum absolute atomic E-state index is 0.0644. The molecule has 6 nitrogen and oxygen atoms in total. The highest BCUT2D eigenvalue weighted by atomic mass is 32.2. The van der Waals surface area contributed by atoms with Gasteiger partial charge in [0.05, 0.1) is 12.8 Å². The van der Waals surface area contributed by atoms with Gasteiger partial charge in [0.15, 0.2) is 0 Å². The van der Waals surface area contributed by atoms with Crippen LogP contribution >= 0.6 is 11.3 Å². The van der Waals surface area contributed by atoms with E-state index < -0.39 is 10.0 Å². The molecule has 1 amide bonds. The van der Waals surface area contributed by atoms with Gasteiger partial charge in [-0.15, -0.1) is 11.3 Å². The van der Waals surface area contributed by atoms with E-state index in [2.05, 4.69) is 5.32 Å². The fourth-order valence-electron chi connectivity index (χ4n) is 2.06. The summed E-state index contributed by atoms with van der Waals surface area (Å²) >= 11 is 1.13. The van der Waals surface area contributed by atoms with Crippen LogP contribution in [0.5, 0.6) is 0 Å². The first kappa shape index (κ1) is 17.7. The summed E-state index contributed by atoms with van der Waals surface area (Å²) < 4.78 is 31.0. The number of carbonyl (C=O) groups is 1. The van der Waals surface area contributed by atoms with Gasteiger partial charge in [0, 0.05) is 19.5 Å². The van der Waals surface area contributed by atoms with Crippen molar-refractivity contribution < 1.29 is 17.6 Å². The van der Waals surface area contributed by atoms with Gasteiger partial charge in [-0.25, -0.2) is 8.42 Å². The molecule has 2 aromatic heterocycles. The average molecular weight is 356 g/mol. The first-order valence-corrected chi connectivity index (χ1v) is 9.53. The van der Waals surface area contributed by atoms with Gasteiger partial charge in [0.1, 0.15) is 9.97 Å². The molecular formula is C15H20N2O4S2. The molecule has 0 saturated carbocycles. The van der Waals surface area contributed by atoms with E-state index in [-0.39, 0.29) is 22.7 Å². The van der Waals surface area contributed by atoms with Crippen molar-refractivity contribution >= 4 is 27.3 Å². The van der Waals surface area contributed by atoms with Crippen LogP contribution in [0, 0.1) is 0 Å². The van der Waals surface area contributed by atoms with Crippen LogP contribution in [0.2, 0.25) is 0 Å². The lowest BCUT2D eigenvalue weighted by atomic mass is 10.1. The van der Waals surface area contributed by atoms with Crippen LogP contribution in [-0.4, -0.2) is 38.3 Å². The quantitative estimate of drug-likeness (QED) is 0.785. The summed E-state index contributed by atoms with van der Waals surface area (Å²) in [5, 5.41) is 4.50. The Labute approximate surface area is 140 Å². The summed E-state index contributed by atoms with van der Waals surface area (Å²) in [5.41, 5.74) is 0. The molecule has 0 aliphatic carbocycles. The van der Waals surface area contributed by atoms with Crippen LogP contribution in [0.15, 0.2) is 44.5 Å². The highest BCUT2D eigenvalue weighted by Gasteiger charge is 2.24. The van der Waals surface area contributed by atoms with Gasteiger partial charge < -0.3 is 9.73 Å². The molecule has 0 aliphatic rings. The number of aryl methyl sites for hydroxylation is 1. The maximum absolute atomic E-state index is 12.2. The Balaban J connectivity index is 1.81. The second-order valence-corrected chi connectivity index (χ2v) is 8.50. The van der Waals surface area contributed by atoms with E-state index in [1.807, 2.05) is 19.1 Å². The summed E-state index contributed by atoms with van der Waals surface area (Å²) in [6.45, 7) is 1.68. The SMILES string of the molecule is C[C@@H](CCc1ccco1)NC(=O)CN(C)S(=O)(=O)c1cccs1. The summed E-state index contributed by atoms with van der Waals surface area (Å²) in [6, 6.07) is 6.84. The average Bonchev–Trinajstić information content (AvgIpc) is 3.18. The molecule has 2 heterocycles. The Morgan fingerprint density at radius 1 is 1.39 bits per heavy atom. The van der Waals surface area contributed by atoms with Crippen molar-refractivity contribution in [2.75, 3.05) is 13.6 Å². The first-order valence-electron chi connectivity index (χ1n) is 7.21. The zero-order valence-corrected chi connectivity index (χ0v) is 14.7. The van der Waals surface area contributed by atoms with Gasteiger partial charge in [0.2, 0.25) is 5.91 Å². The number of furan rings is 1. The maximum Gasteiger partial charge on any atom is 0.252 e. The van der Waals surface area contributed by atoms with E-state index in [9.17, 15) is 13.2 Å². The number of likely N-dealkylation sites (N-methyl/N-ethyl adjacent to an activating group) is 1. The Kier molecular flexibility index (Phi) is 5.97. The molecule has 0 radical (unpaired) electrons. The Morgan fingerprint density at radius 2 is 2.17 bits per heavy atom. The molecule has 126 valence electrons. The standard InChI is InChI=1S/C15H20N2O4S2/c1-12(7-8-13-5-3-9-21-13)16-14(18)11-17(2)23(19,20)15-6-4-10-22-15/h3-6,9-10,12H,7-8,11H2,1-2H3,(H,16,18)/t12-/m0/s1. The molecule has 0 bridgehead atoms. The molecule has 23 heavy (non-hydrogen) atoms. The lowest BCUT2D eigenvalue weighted by Crippen LogP contribution is -2.41. The van der Waals surface area contributed by atoms with Crippen LogP contribution in [0.3, 0.4) is 0 Å². The van der Waals surface area contributed by atoms with E-state index in [4.69, 9.17) is 4.42 Å². The third-order valence-corrected chi connectivity index (χ3v) is 6.51. The molecule has 8 heteroatoms. The highest BCUT2D eigenvalue weighted by Crippen LogP contribution is 2.19. The van der Waals surface area contributed by atoms with Crippen molar-refractivity contribution in [3.05, 3.63) is 41.7 Å². The van der Waals surface area contributed by atoms with E-state index in [0.29, 0.717) is 0 Å². The smallest absolute Gasteiger partial charge is 0.252 e. The van der Waals surface area contributed by atoms with Gasteiger partial charge in [-0.3, -0.25) is 4.79 Å². The lowest BCUT2D eigenvalue weighted by molar-refractivity contribution is -0.121. The van der Waals surface area contributed by atoms with E-state index >= 15 is 0 Å². The molecule has 0 aromatic carbocycles. The van der Waals surface area contributed by atoms with Crippen LogP contribution in [0.25, 0.3) is 0 Å². The summed E-state index contributed by atoms with van der Waals surface area (Å²) in [7, 11) is -2.19. The summed E-state index contributed by atoms with van der Waals surface area (Å²) in [4.78, 5) is 12.0. The number of hydrogen-bond acceptors (Lipinski definition) is 5. The number of carbonyl (C=O) groups excluding carboxylic acids is 1. The van der Waals surface area contributed by atoms with E-state index in [0.717, 1.165) is 34.2 Å². The first-order chi connectivity index (χ1) is 10.9. The second kappa shape index (κ2) is 7.76. The second-order valence-electron chi connectivity index (χ2n) is 5.28. The van der Waals surface area contributed by atoms with Gasteiger partial charge in [-0.05, 0) is 36.9 Å². The third kappa shape index (κ3) is 4.92. The summed E-state index contributed by atoms with van der Waals surface area (Å²) in [6.07, 6.45) is 3.06. The third-order valence-electron chi connectivity index (χ3n) is 3.34. The molecular weight excluding hydrogens is 336 g/mol. The molecule has 0 saturated heterocycles. The van der Waals surface area contributed by atoms with Crippen molar-refractivity contribution in [3.8, 4) is 0 Å². The van der Waals surface area contributed by atoms with Crippen molar-refractivity contribution in [2.24, 2.45) is 0 Å². The molecule has 0 spiro atoms. The number of nitrogens with zero attached hydrogens (tertiary/aromatic N) is 1. The number of rotatable bonds is 8. The van der Waals surface area contributed by atoms with Gasteiger partial charge in [0.25, 0.3) is 10.0 Å². The largest absolute Gasteiger partial charge is 0.469 e. The topological polar surface area (TPSA) is 79.6 Å². The van der Waals surface area contributed by atoms with Crippen LogP contribution in [0.1, 0.15) is 19.1 Å². The molecule has 0 aliphatic heterocycles. The molecule has 0 fully saturated rings. The fraction of sp³-hybridized carbons (Fsp3) is 0.400. The predicted molar refractivity (Wildman–Crippen MR) is 88.8 cm³/mol. The molecule has 1 N–H and O–H groups in total. The minimum atomic E-state index is -3.60. The Morgan fingerprint density at radius 3 is 2.78 bits per heavy atom. The highest BCUT2D eigenvalue weighted by molar-refractivity contribution is 7.91. The Bertz CT molecular complexity index is 709. The van der Waals surface area contributed by atoms with Crippen LogP contribution in [0.4, 0.5) is 0 Å². The van der Waals surface area contributed by atoms with Crippen LogP contribution in [-0.2, 0) is 21.2 Å². The zero-order chi connectivity index (χ0) is 16.9. The van der Waals surface area contributed by atoms with Crippen molar-refractivity contribution in [1.29, 1.82) is 0 Å². The van der Waals surface area contributed by atoms with Gasteiger partial charge in [-0.1, -0.05) is 6.07 Å². The lowest BCUT2D eigenvalue weighted by Gasteiger charge is -2.18. The van der Waals surface area contributed by atoms with E-state index in [1.54, 1.807) is 17.7 Å². The Hall–Kier alpha value is -1.64. The normalized spacial score (nSPS) is 13.2. The van der Waals surface area contributed by atoms with Crippen LogP contribution < -0.4 is 5.32 Å². The zero-order valence-electron chi connectivity index (χ0n) is 13.1. The fourth-order valence-corrected chi connectivity index (χ4v) is 4.39. The maximum atomic E-state index is 12.2. The number of sulfonamides is 1. The molecule has 2 rings (SSSR count). The number of nitrogens with one attached hydrogen (secondary N) is 1. The van der Waals surface area contributed by atoms with Crippen molar-refractivity contribution in [2.45, 2.75) is 30.0 Å². The monoisotopic (exact) mass is 356 g/mol. The number of thiophene rings is 1. The van der Waals surface area contributed by atoms with Gasteiger partial charge in [-0.2, -0.15) is 4.31 Å². The van der Waals surface area contributed by atoms with Crippen molar-refractivity contribution in [1.82, 2.24) is 9.62 Å². The minimum Gasteiger partial charge on any atom is -0.469 e.